The van der Waals surface area contributed by atoms with Crippen LogP contribution in [0.1, 0.15) is 40.0 Å². The number of carbonyl (C=O) groups is 4. The lowest BCUT2D eigenvalue weighted by Gasteiger charge is -2.23. The molecule has 0 rings (SSSR count). The molecule has 0 aliphatic carbocycles. The lowest BCUT2D eigenvalue weighted by atomic mass is 9.99. The fourth-order valence-corrected chi connectivity index (χ4v) is 2.46. The molecule has 0 fully saturated rings. The number of carbonyl (C=O) groups excluding carboxylic acids is 3. The molecule has 31 heavy (non-hydrogen) atoms. The highest BCUT2D eigenvalue weighted by atomic mass is 16.4. The van der Waals surface area contributed by atoms with Crippen molar-refractivity contribution < 1.29 is 29.4 Å². The summed E-state index contributed by atoms with van der Waals surface area (Å²) in [6.45, 7) is 4.66. The molecule has 0 aromatic rings. The van der Waals surface area contributed by atoms with Crippen LogP contribution in [-0.2, 0) is 19.2 Å². The zero-order chi connectivity index (χ0) is 24.1. The molecule has 0 aromatic carbocycles. The van der Waals surface area contributed by atoms with E-state index in [1.165, 1.54) is 6.92 Å². The van der Waals surface area contributed by atoms with Crippen molar-refractivity contribution in [3.05, 3.63) is 0 Å². The van der Waals surface area contributed by atoms with Gasteiger partial charge >= 0.3 is 5.97 Å². The van der Waals surface area contributed by atoms with Gasteiger partial charge in [0.2, 0.25) is 17.7 Å². The van der Waals surface area contributed by atoms with Crippen molar-refractivity contribution in [3.63, 3.8) is 0 Å². The maximum absolute atomic E-state index is 12.5. The fourth-order valence-electron chi connectivity index (χ4n) is 2.46. The number of carboxylic acids is 1. The first-order valence-electron chi connectivity index (χ1n) is 9.99. The van der Waals surface area contributed by atoms with Crippen molar-refractivity contribution in [1.82, 2.24) is 16.0 Å². The second-order valence-electron chi connectivity index (χ2n) is 7.26. The summed E-state index contributed by atoms with van der Waals surface area (Å²) in [5, 5.41) is 25.7. The van der Waals surface area contributed by atoms with Gasteiger partial charge in [-0.2, -0.15) is 0 Å². The van der Waals surface area contributed by atoms with Crippen molar-refractivity contribution in [3.8, 4) is 0 Å². The molecule has 0 aromatic heterocycles. The number of rotatable bonds is 14. The largest absolute Gasteiger partial charge is 0.480 e. The third kappa shape index (κ3) is 11.1. The molecule has 0 saturated heterocycles. The molecular formula is C18H35N7O6. The second kappa shape index (κ2) is 14.1. The summed E-state index contributed by atoms with van der Waals surface area (Å²) in [4.78, 5) is 51.7. The number of nitrogens with two attached hydrogens (primary N) is 3. The SMILES string of the molecule is CCC(C)C(N)C(=O)NCC(=O)NC(CCCN=C(N)N)C(=O)NC(C(=O)O)C(C)O. The molecule has 3 amide bonds. The van der Waals surface area contributed by atoms with Gasteiger partial charge in [-0.25, -0.2) is 4.79 Å². The topological polar surface area (TPSA) is 235 Å². The number of hydrogen-bond acceptors (Lipinski definition) is 7. The van der Waals surface area contributed by atoms with Crippen LogP contribution in [0.2, 0.25) is 0 Å². The van der Waals surface area contributed by atoms with Gasteiger partial charge in [0.1, 0.15) is 6.04 Å². The first kappa shape index (κ1) is 28.1. The Kier molecular flexibility index (Phi) is 12.8. The molecular weight excluding hydrogens is 410 g/mol. The summed E-state index contributed by atoms with van der Waals surface area (Å²) in [5.41, 5.74) is 16.3. The zero-order valence-electron chi connectivity index (χ0n) is 18.1. The maximum atomic E-state index is 12.5. The summed E-state index contributed by atoms with van der Waals surface area (Å²) in [5.74, 6) is -3.63. The lowest BCUT2D eigenvalue weighted by Crippen LogP contribution is -2.56. The summed E-state index contributed by atoms with van der Waals surface area (Å²) in [6.07, 6.45) is -0.289. The summed E-state index contributed by atoms with van der Waals surface area (Å²) in [7, 11) is 0. The first-order chi connectivity index (χ1) is 14.4. The second-order valence-corrected chi connectivity index (χ2v) is 7.26. The Labute approximate surface area is 181 Å². The third-order valence-corrected chi connectivity index (χ3v) is 4.63. The van der Waals surface area contributed by atoms with Crippen LogP contribution in [0.25, 0.3) is 0 Å². The molecule has 0 aliphatic heterocycles. The van der Waals surface area contributed by atoms with Crippen LogP contribution in [0, 0.1) is 5.92 Å². The predicted octanol–water partition coefficient (Wildman–Crippen LogP) is -3.04. The van der Waals surface area contributed by atoms with Gasteiger partial charge < -0.3 is 43.4 Å². The van der Waals surface area contributed by atoms with Crippen LogP contribution >= 0.6 is 0 Å². The molecule has 5 unspecified atom stereocenters. The fraction of sp³-hybridized carbons (Fsp3) is 0.722. The monoisotopic (exact) mass is 445 g/mol. The average molecular weight is 446 g/mol. The Balaban J connectivity index is 5.05. The van der Waals surface area contributed by atoms with E-state index in [-0.39, 0.29) is 24.8 Å². The van der Waals surface area contributed by atoms with Gasteiger partial charge in [-0.05, 0) is 25.7 Å². The summed E-state index contributed by atoms with van der Waals surface area (Å²) in [6, 6.07) is -3.47. The van der Waals surface area contributed by atoms with E-state index in [0.717, 1.165) is 0 Å². The van der Waals surface area contributed by atoms with Crippen LogP contribution in [0.4, 0.5) is 0 Å². The minimum Gasteiger partial charge on any atom is -0.480 e. The van der Waals surface area contributed by atoms with Gasteiger partial charge in [0.05, 0.1) is 18.7 Å². The minimum absolute atomic E-state index is 0.0782. The lowest BCUT2D eigenvalue weighted by molar-refractivity contribution is -0.145. The smallest absolute Gasteiger partial charge is 0.328 e. The average Bonchev–Trinajstić information content (AvgIpc) is 2.70. The molecule has 0 saturated carbocycles. The van der Waals surface area contributed by atoms with Crippen molar-refractivity contribution in [2.24, 2.45) is 28.1 Å². The highest BCUT2D eigenvalue weighted by molar-refractivity contribution is 5.92. The van der Waals surface area contributed by atoms with Crippen LogP contribution in [0.5, 0.6) is 0 Å². The Morgan fingerprint density at radius 3 is 2.16 bits per heavy atom. The van der Waals surface area contributed by atoms with Gasteiger partial charge in [-0.3, -0.25) is 19.4 Å². The predicted molar refractivity (Wildman–Crippen MR) is 114 cm³/mol. The number of aliphatic hydroxyl groups is 1. The Hall–Kier alpha value is -2.93. The summed E-state index contributed by atoms with van der Waals surface area (Å²) < 4.78 is 0. The van der Waals surface area contributed by atoms with E-state index in [4.69, 9.17) is 22.3 Å². The highest BCUT2D eigenvalue weighted by Gasteiger charge is 2.29. The number of aliphatic carboxylic acids is 1. The molecule has 13 heteroatoms. The first-order valence-corrected chi connectivity index (χ1v) is 9.99. The van der Waals surface area contributed by atoms with Crippen LogP contribution in [0.3, 0.4) is 0 Å². The number of guanidine groups is 1. The Morgan fingerprint density at radius 1 is 1.06 bits per heavy atom. The van der Waals surface area contributed by atoms with Crippen molar-refractivity contribution in [2.75, 3.05) is 13.1 Å². The van der Waals surface area contributed by atoms with Gasteiger partial charge in [-0.15, -0.1) is 0 Å². The number of carboxylic acid groups (broad SMARTS) is 1. The third-order valence-electron chi connectivity index (χ3n) is 4.63. The standard InChI is InChI=1S/C18H35N7O6/c1-4-9(2)13(19)16(29)23-8-12(27)24-11(6-5-7-22-18(20)21)15(28)25-14(10(3)26)17(30)31/h9-11,13-14,26H,4-8,19H2,1-3H3,(H,23,29)(H,24,27)(H,25,28)(H,30,31)(H4,20,21,22). The number of nitrogens with one attached hydrogen (secondary N) is 3. The van der Waals surface area contributed by atoms with E-state index >= 15 is 0 Å². The van der Waals surface area contributed by atoms with Gasteiger partial charge in [0, 0.05) is 6.54 Å². The molecule has 178 valence electrons. The van der Waals surface area contributed by atoms with Crippen LogP contribution in [0.15, 0.2) is 4.99 Å². The molecule has 0 heterocycles. The molecule has 0 radical (unpaired) electrons. The number of nitrogens with zero attached hydrogens (tertiary/aromatic N) is 1. The van der Waals surface area contributed by atoms with E-state index in [9.17, 15) is 24.3 Å². The molecule has 0 bridgehead atoms. The molecule has 13 nitrogen and oxygen atoms in total. The number of aliphatic imine (C=N–C) groups is 1. The van der Waals surface area contributed by atoms with Gasteiger partial charge in [-0.1, -0.05) is 20.3 Å². The van der Waals surface area contributed by atoms with E-state index in [0.29, 0.717) is 12.8 Å². The molecule has 11 N–H and O–H groups in total. The van der Waals surface area contributed by atoms with E-state index < -0.39 is 54.5 Å². The number of aliphatic hydroxyl groups excluding tert-OH is 1. The van der Waals surface area contributed by atoms with Crippen LogP contribution in [-0.4, -0.2) is 77.2 Å². The van der Waals surface area contributed by atoms with E-state index in [2.05, 4.69) is 20.9 Å². The van der Waals surface area contributed by atoms with Gasteiger partial charge in [0.25, 0.3) is 0 Å². The maximum Gasteiger partial charge on any atom is 0.328 e. The number of amides is 3. The molecule has 5 atom stereocenters. The Bertz CT molecular complexity index is 651. The Morgan fingerprint density at radius 2 is 1.68 bits per heavy atom. The van der Waals surface area contributed by atoms with E-state index in [1.54, 1.807) is 0 Å². The van der Waals surface area contributed by atoms with Crippen molar-refractivity contribution in [2.45, 2.75) is 64.3 Å². The molecule has 0 aliphatic rings. The minimum atomic E-state index is -1.56. The van der Waals surface area contributed by atoms with E-state index in [1.807, 2.05) is 13.8 Å². The quantitative estimate of drug-likeness (QED) is 0.0769. The van der Waals surface area contributed by atoms with Crippen LogP contribution < -0.4 is 33.2 Å². The van der Waals surface area contributed by atoms with Gasteiger partial charge in [0.15, 0.2) is 12.0 Å². The zero-order valence-corrected chi connectivity index (χ0v) is 18.1. The number of hydrogen-bond donors (Lipinski definition) is 8. The molecule has 0 spiro atoms. The summed E-state index contributed by atoms with van der Waals surface area (Å²) >= 11 is 0. The van der Waals surface area contributed by atoms with Crippen molar-refractivity contribution in [1.29, 1.82) is 0 Å². The normalized spacial score (nSPS) is 15.5. The van der Waals surface area contributed by atoms with Crippen molar-refractivity contribution >= 4 is 29.7 Å². The highest BCUT2D eigenvalue weighted by Crippen LogP contribution is 2.05.